The van der Waals surface area contributed by atoms with Crippen LogP contribution in [0, 0.1) is 10.1 Å². The highest BCUT2D eigenvalue weighted by Gasteiger charge is 2.16. The van der Waals surface area contributed by atoms with Gasteiger partial charge in [-0.3, -0.25) is 14.9 Å². The Morgan fingerprint density at radius 2 is 2.00 bits per heavy atom. The molecule has 2 aromatic rings. The van der Waals surface area contributed by atoms with Gasteiger partial charge in [0.05, 0.1) is 4.92 Å². The van der Waals surface area contributed by atoms with Gasteiger partial charge in [0, 0.05) is 21.8 Å². The van der Waals surface area contributed by atoms with Crippen molar-refractivity contribution in [3.05, 3.63) is 62.6 Å². The zero-order valence-corrected chi connectivity index (χ0v) is 11.6. The minimum Gasteiger partial charge on any atom is -0.502 e. The Morgan fingerprint density at radius 3 is 2.60 bits per heavy atom. The van der Waals surface area contributed by atoms with Crippen molar-refractivity contribution in [3.8, 4) is 5.75 Å². The van der Waals surface area contributed by atoms with Crippen molar-refractivity contribution in [1.29, 1.82) is 0 Å². The average Bonchev–Trinajstić information content (AvgIpc) is 2.38. The number of nitrogens with one attached hydrogen (secondary N) is 1. The number of rotatable bonds is 3. The van der Waals surface area contributed by atoms with E-state index >= 15 is 0 Å². The summed E-state index contributed by atoms with van der Waals surface area (Å²) < 4.78 is 0.807. The first-order chi connectivity index (χ1) is 9.47. The second-order valence-electron chi connectivity index (χ2n) is 3.93. The second kappa shape index (κ2) is 5.70. The molecule has 102 valence electrons. The van der Waals surface area contributed by atoms with Crippen LogP contribution in [0.1, 0.15) is 10.4 Å². The topological polar surface area (TPSA) is 92.5 Å². The van der Waals surface area contributed by atoms with Gasteiger partial charge in [0.2, 0.25) is 0 Å². The molecule has 2 rings (SSSR count). The van der Waals surface area contributed by atoms with Crippen molar-refractivity contribution >= 4 is 33.2 Å². The third-order valence-electron chi connectivity index (χ3n) is 2.52. The van der Waals surface area contributed by atoms with Gasteiger partial charge in [-0.2, -0.15) is 0 Å². The summed E-state index contributed by atoms with van der Waals surface area (Å²) in [6, 6.07) is 10.4. The Labute approximate surface area is 122 Å². The molecule has 0 aliphatic carbocycles. The molecule has 0 fully saturated rings. The Balaban J connectivity index is 2.22. The van der Waals surface area contributed by atoms with E-state index in [0.29, 0.717) is 5.69 Å². The standard InChI is InChI=1S/C13H9BrN2O4/c14-9-2-1-3-10(7-9)15-13(18)8-4-5-11(16(19)20)12(17)6-8/h1-7,17H,(H,15,18). The van der Waals surface area contributed by atoms with Gasteiger partial charge in [-0.25, -0.2) is 0 Å². The number of hydrogen-bond donors (Lipinski definition) is 2. The highest BCUT2D eigenvalue weighted by atomic mass is 79.9. The zero-order chi connectivity index (χ0) is 14.7. The molecule has 0 aromatic heterocycles. The van der Waals surface area contributed by atoms with Crippen LogP contribution in [0.3, 0.4) is 0 Å². The number of carbonyl (C=O) groups is 1. The lowest BCUT2D eigenvalue weighted by atomic mass is 10.1. The summed E-state index contributed by atoms with van der Waals surface area (Å²) in [5.74, 6) is -1.01. The molecule has 0 saturated carbocycles. The number of nitro groups is 1. The van der Waals surface area contributed by atoms with E-state index in [9.17, 15) is 20.0 Å². The van der Waals surface area contributed by atoms with Gasteiger partial charge in [0.25, 0.3) is 5.91 Å². The van der Waals surface area contributed by atoms with Gasteiger partial charge in [-0.05, 0) is 30.3 Å². The van der Waals surface area contributed by atoms with Crippen molar-refractivity contribution < 1.29 is 14.8 Å². The first-order valence-corrected chi connectivity index (χ1v) is 6.31. The number of anilines is 1. The fourth-order valence-corrected chi connectivity index (χ4v) is 1.99. The van der Waals surface area contributed by atoms with E-state index in [0.717, 1.165) is 16.6 Å². The molecule has 0 aliphatic rings. The van der Waals surface area contributed by atoms with Crippen molar-refractivity contribution in [1.82, 2.24) is 0 Å². The van der Waals surface area contributed by atoms with Crippen LogP contribution in [0.5, 0.6) is 5.75 Å². The summed E-state index contributed by atoms with van der Waals surface area (Å²) in [4.78, 5) is 21.8. The molecule has 0 spiro atoms. The maximum absolute atomic E-state index is 12.0. The summed E-state index contributed by atoms with van der Waals surface area (Å²) in [5.41, 5.74) is 0.263. The number of halogens is 1. The first-order valence-electron chi connectivity index (χ1n) is 5.51. The predicted octanol–water partition coefficient (Wildman–Crippen LogP) is 3.32. The van der Waals surface area contributed by atoms with Crippen LogP contribution in [0.4, 0.5) is 11.4 Å². The Hall–Kier alpha value is -2.41. The Morgan fingerprint density at radius 1 is 1.25 bits per heavy atom. The molecule has 7 heteroatoms. The maximum Gasteiger partial charge on any atom is 0.310 e. The number of nitrogens with zero attached hydrogens (tertiary/aromatic N) is 1. The molecule has 0 aliphatic heterocycles. The molecule has 0 bridgehead atoms. The highest BCUT2D eigenvalue weighted by molar-refractivity contribution is 9.10. The van der Waals surface area contributed by atoms with E-state index in [1.54, 1.807) is 18.2 Å². The summed E-state index contributed by atoms with van der Waals surface area (Å²) in [6.45, 7) is 0. The molecular formula is C13H9BrN2O4. The summed E-state index contributed by atoms with van der Waals surface area (Å²) in [6.07, 6.45) is 0. The average molecular weight is 337 g/mol. The van der Waals surface area contributed by atoms with Crippen LogP contribution in [-0.2, 0) is 0 Å². The highest BCUT2D eigenvalue weighted by Crippen LogP contribution is 2.26. The monoisotopic (exact) mass is 336 g/mol. The van der Waals surface area contributed by atoms with Crippen molar-refractivity contribution in [2.24, 2.45) is 0 Å². The largest absolute Gasteiger partial charge is 0.502 e. The summed E-state index contributed by atoms with van der Waals surface area (Å²) in [7, 11) is 0. The number of nitro benzene ring substituents is 1. The lowest BCUT2D eigenvalue weighted by Gasteiger charge is -2.06. The zero-order valence-electron chi connectivity index (χ0n) is 10.0. The third-order valence-corrected chi connectivity index (χ3v) is 3.01. The molecule has 0 saturated heterocycles. The van der Waals surface area contributed by atoms with E-state index < -0.39 is 22.3 Å². The Bertz CT molecular complexity index is 688. The van der Waals surface area contributed by atoms with Crippen LogP contribution < -0.4 is 5.32 Å². The van der Waals surface area contributed by atoms with Gasteiger partial charge in [-0.15, -0.1) is 0 Å². The molecule has 2 aromatic carbocycles. The number of aromatic hydroxyl groups is 1. The lowest BCUT2D eigenvalue weighted by molar-refractivity contribution is -0.385. The number of amides is 1. The SMILES string of the molecule is O=C(Nc1cccc(Br)c1)c1ccc([N+](=O)[O-])c(O)c1. The normalized spacial score (nSPS) is 10.1. The minimum absolute atomic E-state index is 0.132. The minimum atomic E-state index is -0.717. The van der Waals surface area contributed by atoms with Gasteiger partial charge in [0.15, 0.2) is 5.75 Å². The van der Waals surface area contributed by atoms with Crippen LogP contribution in [0.2, 0.25) is 0 Å². The van der Waals surface area contributed by atoms with Gasteiger partial charge >= 0.3 is 5.69 Å². The second-order valence-corrected chi connectivity index (χ2v) is 4.84. The van der Waals surface area contributed by atoms with Crippen molar-refractivity contribution in [2.75, 3.05) is 5.32 Å². The molecule has 1 amide bonds. The van der Waals surface area contributed by atoms with Crippen molar-refractivity contribution in [2.45, 2.75) is 0 Å². The van der Waals surface area contributed by atoms with Gasteiger partial charge < -0.3 is 10.4 Å². The summed E-state index contributed by atoms with van der Waals surface area (Å²) >= 11 is 3.28. The molecule has 20 heavy (non-hydrogen) atoms. The van der Waals surface area contributed by atoms with Gasteiger partial charge in [-0.1, -0.05) is 22.0 Å². The van der Waals surface area contributed by atoms with Crippen LogP contribution in [-0.4, -0.2) is 15.9 Å². The van der Waals surface area contributed by atoms with Crippen molar-refractivity contribution in [3.63, 3.8) is 0 Å². The quantitative estimate of drug-likeness (QED) is 0.664. The molecule has 0 atom stereocenters. The molecule has 6 nitrogen and oxygen atoms in total. The van der Waals surface area contributed by atoms with Crippen LogP contribution in [0.25, 0.3) is 0 Å². The fourth-order valence-electron chi connectivity index (χ4n) is 1.59. The van der Waals surface area contributed by atoms with E-state index in [1.807, 2.05) is 6.07 Å². The maximum atomic E-state index is 12.0. The molecular weight excluding hydrogens is 328 g/mol. The Kier molecular flexibility index (Phi) is 3.99. The van der Waals surface area contributed by atoms with Crippen LogP contribution in [0.15, 0.2) is 46.9 Å². The predicted molar refractivity (Wildman–Crippen MR) is 76.9 cm³/mol. The molecule has 2 N–H and O–H groups in total. The smallest absolute Gasteiger partial charge is 0.310 e. The fraction of sp³-hybridized carbons (Fsp3) is 0. The van der Waals surface area contributed by atoms with E-state index in [1.165, 1.54) is 6.07 Å². The number of carbonyl (C=O) groups excluding carboxylic acids is 1. The molecule has 0 unspecified atom stereocenters. The number of phenols is 1. The first kappa shape index (κ1) is 14.0. The lowest BCUT2D eigenvalue weighted by Crippen LogP contribution is -2.11. The summed E-state index contributed by atoms with van der Waals surface area (Å²) in [5, 5.41) is 22.7. The van der Waals surface area contributed by atoms with E-state index in [-0.39, 0.29) is 5.56 Å². The number of benzene rings is 2. The van der Waals surface area contributed by atoms with Gasteiger partial charge in [0.1, 0.15) is 0 Å². The molecule has 0 radical (unpaired) electrons. The van der Waals surface area contributed by atoms with E-state index in [2.05, 4.69) is 21.2 Å². The number of hydrogen-bond acceptors (Lipinski definition) is 4. The third kappa shape index (κ3) is 3.12. The molecule has 0 heterocycles. The van der Waals surface area contributed by atoms with Crippen LogP contribution >= 0.6 is 15.9 Å². The van der Waals surface area contributed by atoms with E-state index in [4.69, 9.17) is 0 Å². The number of phenolic OH excluding ortho intramolecular Hbond substituents is 1.